The summed E-state index contributed by atoms with van der Waals surface area (Å²) in [6.07, 6.45) is 1.47. The van der Waals surface area contributed by atoms with Gasteiger partial charge >= 0.3 is 5.97 Å². The average Bonchev–Trinajstić information content (AvgIpc) is 3.21. The zero-order valence-corrected chi connectivity index (χ0v) is 17.3. The first-order chi connectivity index (χ1) is 14.6. The maximum atomic E-state index is 12.7. The number of ether oxygens (including phenoxy) is 2. The van der Waals surface area contributed by atoms with Crippen LogP contribution in [0, 0.1) is 6.92 Å². The second-order valence-corrected chi connectivity index (χ2v) is 7.16. The lowest BCUT2D eigenvalue weighted by molar-refractivity contribution is -0.139. The van der Waals surface area contributed by atoms with Crippen LogP contribution in [0.1, 0.15) is 36.6 Å². The highest BCUT2D eigenvalue weighted by Gasteiger charge is 2.34. The predicted molar refractivity (Wildman–Crippen MR) is 113 cm³/mol. The molecule has 0 amide bonds. The third-order valence-electron chi connectivity index (χ3n) is 5.01. The molecule has 0 saturated heterocycles. The highest BCUT2D eigenvalue weighted by molar-refractivity contribution is 5.92. The van der Waals surface area contributed by atoms with E-state index in [1.54, 1.807) is 11.6 Å². The molecule has 0 saturated carbocycles. The Labute approximate surface area is 175 Å². The number of fused-ring (bicyclic) bond motifs is 1. The van der Waals surface area contributed by atoms with Crippen LogP contribution in [0.5, 0.6) is 5.75 Å². The minimum Gasteiger partial charge on any atom is -0.489 e. The summed E-state index contributed by atoms with van der Waals surface area (Å²) in [6.45, 7) is 6.49. The molecule has 1 atom stereocenters. The molecule has 1 aliphatic heterocycles. The summed E-state index contributed by atoms with van der Waals surface area (Å²) < 4.78 is 12.9. The van der Waals surface area contributed by atoms with Crippen LogP contribution in [0.3, 0.4) is 0 Å². The van der Waals surface area contributed by atoms with E-state index in [1.807, 2.05) is 31.2 Å². The van der Waals surface area contributed by atoms with Gasteiger partial charge in [-0.05, 0) is 44.0 Å². The van der Waals surface area contributed by atoms with Gasteiger partial charge in [-0.25, -0.2) is 9.48 Å². The monoisotopic (exact) mass is 404 g/mol. The minimum atomic E-state index is -0.422. The summed E-state index contributed by atoms with van der Waals surface area (Å²) in [6, 6.07) is 15.5. The second-order valence-electron chi connectivity index (χ2n) is 7.16. The number of carbonyl (C=O) groups is 1. The van der Waals surface area contributed by atoms with Crippen LogP contribution < -0.4 is 10.1 Å². The maximum absolute atomic E-state index is 12.7. The zero-order valence-electron chi connectivity index (χ0n) is 17.3. The molecule has 0 spiro atoms. The van der Waals surface area contributed by atoms with Crippen molar-refractivity contribution in [3.8, 4) is 5.75 Å². The van der Waals surface area contributed by atoms with Crippen molar-refractivity contribution in [1.29, 1.82) is 0 Å². The smallest absolute Gasteiger partial charge is 0.338 e. The van der Waals surface area contributed by atoms with Crippen molar-refractivity contribution in [2.24, 2.45) is 0 Å². The van der Waals surface area contributed by atoms with Gasteiger partial charge in [0.05, 0.1) is 12.2 Å². The Morgan fingerprint density at radius 1 is 1.10 bits per heavy atom. The molecule has 30 heavy (non-hydrogen) atoms. The third-order valence-corrected chi connectivity index (χ3v) is 5.01. The number of nitrogens with zero attached hydrogens (tertiary/aromatic N) is 3. The summed E-state index contributed by atoms with van der Waals surface area (Å²) in [5, 5.41) is 7.44. The van der Waals surface area contributed by atoms with Gasteiger partial charge in [-0.3, -0.25) is 0 Å². The van der Waals surface area contributed by atoms with E-state index in [2.05, 4.69) is 46.6 Å². The molecule has 1 aromatic heterocycles. The number of rotatable bonds is 6. The van der Waals surface area contributed by atoms with Gasteiger partial charge in [0.25, 0.3) is 0 Å². The number of hydrogen-bond acceptors (Lipinski definition) is 6. The molecular formula is C23H24N4O3. The number of hydrogen-bond donors (Lipinski definition) is 1. The maximum Gasteiger partial charge on any atom is 0.338 e. The Morgan fingerprint density at radius 3 is 2.53 bits per heavy atom. The normalized spacial score (nSPS) is 15.4. The van der Waals surface area contributed by atoms with Gasteiger partial charge < -0.3 is 14.8 Å². The van der Waals surface area contributed by atoms with Gasteiger partial charge in [0.1, 0.15) is 24.7 Å². The quantitative estimate of drug-likeness (QED) is 0.625. The van der Waals surface area contributed by atoms with E-state index in [4.69, 9.17) is 9.47 Å². The lowest BCUT2D eigenvalue weighted by Gasteiger charge is -2.28. The van der Waals surface area contributed by atoms with Crippen LogP contribution in [0.4, 0.5) is 5.95 Å². The fourth-order valence-corrected chi connectivity index (χ4v) is 3.47. The average molecular weight is 404 g/mol. The number of aryl methyl sites for hydroxylation is 1. The van der Waals surface area contributed by atoms with Crippen LogP contribution in [-0.2, 0) is 16.1 Å². The van der Waals surface area contributed by atoms with Crippen LogP contribution in [0.25, 0.3) is 0 Å². The molecule has 154 valence electrons. The highest BCUT2D eigenvalue weighted by Crippen LogP contribution is 2.35. The molecule has 7 nitrogen and oxygen atoms in total. The van der Waals surface area contributed by atoms with Gasteiger partial charge in [-0.2, -0.15) is 10.1 Å². The van der Waals surface area contributed by atoms with Crippen molar-refractivity contribution >= 4 is 11.9 Å². The fourth-order valence-electron chi connectivity index (χ4n) is 3.47. The lowest BCUT2D eigenvalue weighted by Crippen LogP contribution is -2.29. The number of esters is 1. The first-order valence-corrected chi connectivity index (χ1v) is 9.89. The minimum absolute atomic E-state index is 0.304. The molecule has 1 unspecified atom stereocenters. The molecule has 2 heterocycles. The second kappa shape index (κ2) is 8.41. The summed E-state index contributed by atoms with van der Waals surface area (Å²) in [5.41, 5.74) is 4.45. The summed E-state index contributed by atoms with van der Waals surface area (Å²) in [4.78, 5) is 16.9. The predicted octanol–water partition coefficient (Wildman–Crippen LogP) is 4.02. The van der Waals surface area contributed by atoms with Crippen molar-refractivity contribution in [2.45, 2.75) is 33.4 Å². The molecule has 0 radical (unpaired) electrons. The molecule has 3 aromatic rings. The molecule has 0 aliphatic carbocycles. The lowest BCUT2D eigenvalue weighted by atomic mass is 9.96. The Morgan fingerprint density at radius 2 is 1.83 bits per heavy atom. The summed E-state index contributed by atoms with van der Waals surface area (Å²) in [5.74, 6) is 0.976. The molecule has 0 fully saturated rings. The number of allylic oxidation sites excluding steroid dienone is 1. The van der Waals surface area contributed by atoms with Crippen molar-refractivity contribution in [2.75, 3.05) is 11.9 Å². The van der Waals surface area contributed by atoms with Gasteiger partial charge in [-0.1, -0.05) is 42.0 Å². The highest BCUT2D eigenvalue weighted by atomic mass is 16.5. The molecule has 0 bridgehead atoms. The van der Waals surface area contributed by atoms with Crippen molar-refractivity contribution in [3.63, 3.8) is 0 Å². The molecule has 1 N–H and O–H groups in total. The molecule has 1 aliphatic rings. The number of carbonyl (C=O) groups excluding carboxylic acids is 1. The standard InChI is InChI=1S/C23H24N4O3/c1-4-29-22(28)20-16(3)26-23-24-14-25-27(23)21(20)18-9-11-19(12-10-18)30-13-17-7-5-15(2)6-8-17/h5-12,14,21H,4,13H2,1-3H3,(H,24,25,26). The van der Waals surface area contributed by atoms with E-state index in [9.17, 15) is 4.79 Å². The SMILES string of the molecule is CCOC(=O)C1=C(C)Nc2ncnn2C1c1ccc(OCc2ccc(C)cc2)cc1. The number of benzene rings is 2. The first kappa shape index (κ1) is 19.7. The van der Waals surface area contributed by atoms with E-state index in [0.29, 0.717) is 30.4 Å². The first-order valence-electron chi connectivity index (χ1n) is 9.89. The Hall–Kier alpha value is -3.61. The van der Waals surface area contributed by atoms with Crippen molar-refractivity contribution in [3.05, 3.63) is 82.8 Å². The number of anilines is 1. The van der Waals surface area contributed by atoms with Gasteiger partial charge in [-0.15, -0.1) is 0 Å². The molecule has 2 aromatic carbocycles. The Kier molecular flexibility index (Phi) is 5.52. The Balaban J connectivity index is 1.58. The van der Waals surface area contributed by atoms with Gasteiger partial charge in [0.15, 0.2) is 0 Å². The summed E-state index contributed by atoms with van der Waals surface area (Å²) in [7, 11) is 0. The third kappa shape index (κ3) is 3.91. The van der Waals surface area contributed by atoms with Crippen LogP contribution in [-0.4, -0.2) is 27.3 Å². The van der Waals surface area contributed by atoms with Crippen molar-refractivity contribution < 1.29 is 14.3 Å². The van der Waals surface area contributed by atoms with Crippen LogP contribution in [0.2, 0.25) is 0 Å². The van der Waals surface area contributed by atoms with E-state index >= 15 is 0 Å². The number of nitrogens with one attached hydrogen (secondary N) is 1. The van der Waals surface area contributed by atoms with Crippen LogP contribution >= 0.6 is 0 Å². The zero-order chi connectivity index (χ0) is 21.1. The van der Waals surface area contributed by atoms with Crippen molar-refractivity contribution in [1.82, 2.24) is 14.8 Å². The van der Waals surface area contributed by atoms with E-state index in [-0.39, 0.29) is 5.97 Å². The van der Waals surface area contributed by atoms with Crippen LogP contribution in [0.15, 0.2) is 66.1 Å². The van der Waals surface area contributed by atoms with E-state index < -0.39 is 6.04 Å². The van der Waals surface area contributed by atoms with E-state index in [0.717, 1.165) is 16.9 Å². The summed E-state index contributed by atoms with van der Waals surface area (Å²) >= 11 is 0. The Bertz CT molecular complexity index is 1070. The van der Waals surface area contributed by atoms with E-state index in [1.165, 1.54) is 11.9 Å². The molecule has 4 rings (SSSR count). The largest absolute Gasteiger partial charge is 0.489 e. The topological polar surface area (TPSA) is 78.3 Å². The molecular weight excluding hydrogens is 380 g/mol. The fraction of sp³-hybridized carbons (Fsp3) is 0.261. The molecule has 7 heteroatoms. The number of aromatic nitrogens is 3. The van der Waals surface area contributed by atoms with Gasteiger partial charge in [0.2, 0.25) is 5.95 Å². The van der Waals surface area contributed by atoms with Gasteiger partial charge in [0, 0.05) is 5.70 Å².